The smallest absolute Gasteiger partial charge is 0.240 e. The number of hydrogen-bond acceptors (Lipinski definition) is 6. The summed E-state index contributed by atoms with van der Waals surface area (Å²) in [5.41, 5.74) is 3.14. The van der Waals surface area contributed by atoms with Gasteiger partial charge in [0, 0.05) is 17.2 Å². The van der Waals surface area contributed by atoms with Crippen LogP contribution in [0.2, 0.25) is 0 Å². The molecular weight excluding hydrogens is 308 g/mol. The number of aromatic nitrogens is 1. The maximum absolute atomic E-state index is 12.2. The van der Waals surface area contributed by atoms with Gasteiger partial charge in [0.05, 0.1) is 10.4 Å². The summed E-state index contributed by atoms with van der Waals surface area (Å²) in [5.74, 6) is 5.83. The molecule has 4 N–H and O–H groups in total. The largest absolute Gasteiger partial charge is 0.308 e. The number of fused-ring (bicyclic) bond motifs is 1. The van der Waals surface area contributed by atoms with Gasteiger partial charge in [-0.2, -0.15) is 11.8 Å². The molecule has 1 atom stereocenters. The second-order valence-electron chi connectivity index (χ2n) is 4.59. The van der Waals surface area contributed by atoms with Crippen LogP contribution in [0, 0.1) is 0 Å². The average Bonchev–Trinajstić information content (AvgIpc) is 2.51. The van der Waals surface area contributed by atoms with E-state index in [-0.39, 0.29) is 10.1 Å². The Morgan fingerprint density at radius 2 is 2.10 bits per heavy atom. The van der Waals surface area contributed by atoms with E-state index in [0.717, 1.165) is 5.39 Å². The lowest BCUT2D eigenvalue weighted by Gasteiger charge is -2.11. The fourth-order valence-electron chi connectivity index (χ4n) is 1.74. The maximum atomic E-state index is 12.2. The van der Waals surface area contributed by atoms with Crippen LogP contribution in [0.5, 0.6) is 0 Å². The predicted molar refractivity (Wildman–Crippen MR) is 87.7 cm³/mol. The summed E-state index contributed by atoms with van der Waals surface area (Å²) < 4.78 is 27.1. The molecule has 1 aromatic heterocycles. The second-order valence-corrected chi connectivity index (χ2v) is 7.64. The highest BCUT2D eigenvalue weighted by molar-refractivity contribution is 7.99. The standard InChI is InChI=1S/C13H18N4O2S2/c1-9(20-2)8-15-21(18,19)11-4-5-12-10(7-11)3-6-13(16-12)17-14/h3-7,9,15H,8,14H2,1-2H3,(H,16,17). The van der Waals surface area contributed by atoms with Gasteiger partial charge in [0.15, 0.2) is 0 Å². The molecular formula is C13H18N4O2S2. The van der Waals surface area contributed by atoms with E-state index in [1.807, 2.05) is 13.2 Å². The quantitative estimate of drug-likeness (QED) is 0.550. The van der Waals surface area contributed by atoms with Crippen LogP contribution in [-0.4, -0.2) is 31.5 Å². The summed E-state index contributed by atoms with van der Waals surface area (Å²) in [7, 11) is -3.50. The highest BCUT2D eigenvalue weighted by Crippen LogP contribution is 2.19. The molecule has 1 unspecified atom stereocenters. The van der Waals surface area contributed by atoms with Crippen molar-refractivity contribution >= 4 is 38.5 Å². The minimum atomic E-state index is -3.50. The zero-order valence-electron chi connectivity index (χ0n) is 11.8. The number of thioether (sulfide) groups is 1. The Hall–Kier alpha value is -1.35. The van der Waals surface area contributed by atoms with Crippen LogP contribution in [0.1, 0.15) is 6.92 Å². The van der Waals surface area contributed by atoms with Crippen molar-refractivity contribution in [2.24, 2.45) is 5.84 Å². The number of nitrogen functional groups attached to an aromatic ring is 1. The third kappa shape index (κ3) is 3.85. The Kier molecular flexibility index (Phi) is 5.04. The number of rotatable bonds is 6. The average molecular weight is 326 g/mol. The summed E-state index contributed by atoms with van der Waals surface area (Å²) in [6, 6.07) is 8.29. The first-order valence-electron chi connectivity index (χ1n) is 6.36. The van der Waals surface area contributed by atoms with Gasteiger partial charge in [0.25, 0.3) is 0 Å². The van der Waals surface area contributed by atoms with Gasteiger partial charge in [-0.15, -0.1) is 0 Å². The number of sulfonamides is 1. The fourth-order valence-corrected chi connectivity index (χ4v) is 3.27. The van der Waals surface area contributed by atoms with Crippen LogP contribution in [0.3, 0.4) is 0 Å². The molecule has 1 aromatic carbocycles. The van der Waals surface area contributed by atoms with Gasteiger partial charge < -0.3 is 5.43 Å². The summed E-state index contributed by atoms with van der Waals surface area (Å²) in [5, 5.41) is 0.967. The lowest BCUT2D eigenvalue weighted by molar-refractivity contribution is 0.581. The second kappa shape index (κ2) is 6.61. The number of nitrogens with zero attached hydrogens (tertiary/aromatic N) is 1. The molecule has 2 rings (SSSR count). The normalized spacial score (nSPS) is 13.3. The number of nitrogens with one attached hydrogen (secondary N) is 2. The molecule has 0 amide bonds. The van der Waals surface area contributed by atoms with Crippen molar-refractivity contribution in [1.29, 1.82) is 0 Å². The molecule has 21 heavy (non-hydrogen) atoms. The molecule has 0 aliphatic carbocycles. The molecule has 0 aliphatic rings. The predicted octanol–water partition coefficient (Wildman–Crippen LogP) is 1.55. The van der Waals surface area contributed by atoms with Crippen molar-refractivity contribution in [3.8, 4) is 0 Å². The van der Waals surface area contributed by atoms with Gasteiger partial charge in [-0.1, -0.05) is 6.92 Å². The van der Waals surface area contributed by atoms with Gasteiger partial charge in [-0.25, -0.2) is 24.0 Å². The van der Waals surface area contributed by atoms with E-state index in [4.69, 9.17) is 5.84 Å². The van der Waals surface area contributed by atoms with Crippen molar-refractivity contribution < 1.29 is 8.42 Å². The summed E-state index contributed by atoms with van der Waals surface area (Å²) in [6.07, 6.45) is 1.95. The third-order valence-corrected chi connectivity index (χ3v) is 5.47. The molecule has 2 aromatic rings. The lowest BCUT2D eigenvalue weighted by atomic mass is 10.2. The van der Waals surface area contributed by atoms with E-state index in [2.05, 4.69) is 15.1 Å². The molecule has 1 heterocycles. The fraction of sp³-hybridized carbons (Fsp3) is 0.308. The van der Waals surface area contributed by atoms with Gasteiger partial charge >= 0.3 is 0 Å². The van der Waals surface area contributed by atoms with Crippen molar-refractivity contribution in [3.63, 3.8) is 0 Å². The molecule has 0 saturated carbocycles. The Balaban J connectivity index is 2.29. The Bertz CT molecular complexity index is 734. The van der Waals surface area contributed by atoms with Crippen LogP contribution >= 0.6 is 11.8 Å². The summed E-state index contributed by atoms with van der Waals surface area (Å²) in [6.45, 7) is 2.37. The molecule has 114 valence electrons. The summed E-state index contributed by atoms with van der Waals surface area (Å²) >= 11 is 1.61. The zero-order valence-corrected chi connectivity index (χ0v) is 13.5. The van der Waals surface area contributed by atoms with Crippen molar-refractivity contribution in [2.75, 3.05) is 18.2 Å². The van der Waals surface area contributed by atoms with Crippen LogP contribution in [0.15, 0.2) is 35.2 Å². The molecule has 0 aliphatic heterocycles. The van der Waals surface area contributed by atoms with Crippen molar-refractivity contribution in [1.82, 2.24) is 9.71 Å². The maximum Gasteiger partial charge on any atom is 0.240 e. The van der Waals surface area contributed by atoms with E-state index >= 15 is 0 Å². The molecule has 0 saturated heterocycles. The topological polar surface area (TPSA) is 97.1 Å². The molecule has 0 spiro atoms. The SMILES string of the molecule is CSC(C)CNS(=O)(=O)c1ccc2nc(NN)ccc2c1. The van der Waals surface area contributed by atoms with Gasteiger partial charge in [0.1, 0.15) is 5.82 Å². The van der Waals surface area contributed by atoms with Gasteiger partial charge in [-0.3, -0.25) is 0 Å². The van der Waals surface area contributed by atoms with E-state index in [1.54, 1.807) is 42.1 Å². The van der Waals surface area contributed by atoms with Crippen LogP contribution in [-0.2, 0) is 10.0 Å². The van der Waals surface area contributed by atoms with Crippen LogP contribution in [0.4, 0.5) is 5.82 Å². The minimum Gasteiger partial charge on any atom is -0.308 e. The van der Waals surface area contributed by atoms with Crippen LogP contribution < -0.4 is 16.0 Å². The first-order chi connectivity index (χ1) is 9.96. The zero-order chi connectivity index (χ0) is 15.5. The minimum absolute atomic E-state index is 0.222. The number of benzene rings is 1. The van der Waals surface area contributed by atoms with Gasteiger partial charge in [-0.05, 0) is 36.6 Å². The van der Waals surface area contributed by atoms with Gasteiger partial charge in [0.2, 0.25) is 10.0 Å². The third-order valence-electron chi connectivity index (χ3n) is 3.08. The molecule has 0 fully saturated rings. The Labute approximate surface area is 128 Å². The summed E-state index contributed by atoms with van der Waals surface area (Å²) in [4.78, 5) is 4.48. The van der Waals surface area contributed by atoms with Crippen molar-refractivity contribution in [3.05, 3.63) is 30.3 Å². The number of hydrazine groups is 1. The van der Waals surface area contributed by atoms with E-state index in [0.29, 0.717) is 17.9 Å². The highest BCUT2D eigenvalue weighted by Gasteiger charge is 2.15. The molecule has 8 heteroatoms. The molecule has 0 bridgehead atoms. The molecule has 6 nitrogen and oxygen atoms in total. The van der Waals surface area contributed by atoms with E-state index in [1.165, 1.54) is 0 Å². The number of pyridine rings is 1. The Morgan fingerprint density at radius 1 is 1.33 bits per heavy atom. The lowest BCUT2D eigenvalue weighted by Crippen LogP contribution is -2.29. The number of anilines is 1. The first-order valence-corrected chi connectivity index (χ1v) is 9.13. The van der Waals surface area contributed by atoms with Crippen molar-refractivity contribution in [2.45, 2.75) is 17.1 Å². The highest BCUT2D eigenvalue weighted by atomic mass is 32.2. The number of hydrogen-bond donors (Lipinski definition) is 3. The number of nitrogens with two attached hydrogens (primary N) is 1. The first kappa shape index (κ1) is 16.0. The van der Waals surface area contributed by atoms with E-state index < -0.39 is 10.0 Å². The van der Waals surface area contributed by atoms with E-state index in [9.17, 15) is 8.42 Å². The Morgan fingerprint density at radius 3 is 2.76 bits per heavy atom. The monoisotopic (exact) mass is 326 g/mol. The molecule has 0 radical (unpaired) electrons. The van der Waals surface area contributed by atoms with Crippen LogP contribution in [0.25, 0.3) is 10.9 Å².